The maximum atomic E-state index is 12.2. The summed E-state index contributed by atoms with van der Waals surface area (Å²) in [6.45, 7) is 3.28. The Kier molecular flexibility index (Phi) is 8.79. The average Bonchev–Trinajstić information content (AvgIpc) is 2.53. The summed E-state index contributed by atoms with van der Waals surface area (Å²) in [5.74, 6) is -0.0858. The highest BCUT2D eigenvalue weighted by Gasteiger charge is 2.15. The van der Waals surface area contributed by atoms with Crippen molar-refractivity contribution in [1.82, 2.24) is 4.90 Å². The number of esters is 1. The number of carbonyl (C=O) groups is 2. The van der Waals surface area contributed by atoms with Gasteiger partial charge in [-0.15, -0.1) is 0 Å². The van der Waals surface area contributed by atoms with E-state index in [0.29, 0.717) is 13.0 Å². The van der Waals surface area contributed by atoms with Crippen molar-refractivity contribution in [3.05, 3.63) is 11.6 Å². The molecule has 0 radical (unpaired) electrons. The topological polar surface area (TPSA) is 46.6 Å². The molecule has 0 unspecified atom stereocenters. The molecule has 120 valence electrons. The molecule has 0 aromatic rings. The van der Waals surface area contributed by atoms with E-state index in [0.717, 1.165) is 32.2 Å². The number of methoxy groups -OCH3 is 1. The van der Waals surface area contributed by atoms with Crippen molar-refractivity contribution in [2.75, 3.05) is 20.2 Å². The van der Waals surface area contributed by atoms with Crippen LogP contribution in [0.4, 0.5) is 0 Å². The minimum absolute atomic E-state index is 0.164. The molecule has 0 spiro atoms. The van der Waals surface area contributed by atoms with Gasteiger partial charge in [-0.05, 0) is 38.5 Å². The first-order valence-electron chi connectivity index (χ1n) is 8.19. The van der Waals surface area contributed by atoms with Crippen LogP contribution >= 0.6 is 0 Å². The van der Waals surface area contributed by atoms with Gasteiger partial charge in [-0.1, -0.05) is 25.0 Å². The lowest BCUT2D eigenvalue weighted by atomic mass is 9.97. The zero-order chi connectivity index (χ0) is 15.5. The van der Waals surface area contributed by atoms with Crippen molar-refractivity contribution in [3.8, 4) is 0 Å². The highest BCUT2D eigenvalue weighted by Crippen LogP contribution is 2.20. The van der Waals surface area contributed by atoms with Crippen LogP contribution in [-0.4, -0.2) is 37.0 Å². The van der Waals surface area contributed by atoms with E-state index in [2.05, 4.69) is 17.7 Å². The van der Waals surface area contributed by atoms with Gasteiger partial charge in [0.2, 0.25) is 5.91 Å². The van der Waals surface area contributed by atoms with E-state index >= 15 is 0 Å². The van der Waals surface area contributed by atoms with Gasteiger partial charge in [0.05, 0.1) is 13.5 Å². The number of carbonyl (C=O) groups excluding carboxylic acids is 2. The standard InChI is InChI=1S/C17H29NO3/c1-3-4-10-16(19)18(14-12-17(20)21-2)13-11-15-8-6-5-7-9-15/h8H,3-7,9-14H2,1-2H3. The Bertz CT molecular complexity index is 363. The van der Waals surface area contributed by atoms with E-state index in [1.165, 1.54) is 31.9 Å². The van der Waals surface area contributed by atoms with Crippen molar-refractivity contribution in [2.45, 2.75) is 64.7 Å². The summed E-state index contributed by atoms with van der Waals surface area (Å²) in [4.78, 5) is 25.4. The molecule has 0 saturated carbocycles. The third-order valence-corrected chi connectivity index (χ3v) is 4.00. The summed E-state index contributed by atoms with van der Waals surface area (Å²) in [7, 11) is 1.39. The summed E-state index contributed by atoms with van der Waals surface area (Å²) in [5, 5.41) is 0. The average molecular weight is 295 g/mol. The lowest BCUT2D eigenvalue weighted by molar-refractivity contribution is -0.141. The van der Waals surface area contributed by atoms with Gasteiger partial charge in [0, 0.05) is 19.5 Å². The van der Waals surface area contributed by atoms with Gasteiger partial charge in [-0.2, -0.15) is 0 Å². The van der Waals surface area contributed by atoms with Gasteiger partial charge in [0.1, 0.15) is 0 Å². The number of hydrogen-bond donors (Lipinski definition) is 0. The quantitative estimate of drug-likeness (QED) is 0.483. The molecule has 0 saturated heterocycles. The monoisotopic (exact) mass is 295 g/mol. The third-order valence-electron chi connectivity index (χ3n) is 4.00. The van der Waals surface area contributed by atoms with Crippen LogP contribution < -0.4 is 0 Å². The maximum absolute atomic E-state index is 12.2. The van der Waals surface area contributed by atoms with Crippen LogP contribution in [0.2, 0.25) is 0 Å². The molecule has 21 heavy (non-hydrogen) atoms. The van der Waals surface area contributed by atoms with Gasteiger partial charge in [0.25, 0.3) is 0 Å². The van der Waals surface area contributed by atoms with Crippen LogP contribution in [0.1, 0.15) is 64.7 Å². The molecule has 0 aromatic carbocycles. The van der Waals surface area contributed by atoms with Crippen molar-refractivity contribution in [1.29, 1.82) is 0 Å². The molecule has 0 N–H and O–H groups in total. The number of allylic oxidation sites excluding steroid dienone is 1. The van der Waals surface area contributed by atoms with Gasteiger partial charge in [-0.25, -0.2) is 0 Å². The highest BCUT2D eigenvalue weighted by atomic mass is 16.5. The molecule has 0 atom stereocenters. The fraction of sp³-hybridized carbons (Fsp3) is 0.765. The van der Waals surface area contributed by atoms with E-state index in [4.69, 9.17) is 0 Å². The summed E-state index contributed by atoms with van der Waals surface area (Å²) in [6, 6.07) is 0. The van der Waals surface area contributed by atoms with Gasteiger partial charge in [-0.3, -0.25) is 9.59 Å². The number of nitrogens with zero attached hydrogens (tertiary/aromatic N) is 1. The number of ether oxygens (including phenoxy) is 1. The van der Waals surface area contributed by atoms with Gasteiger partial charge in [0.15, 0.2) is 0 Å². The number of rotatable bonds is 9. The van der Waals surface area contributed by atoms with Crippen LogP contribution in [0.5, 0.6) is 0 Å². The number of amides is 1. The van der Waals surface area contributed by atoms with E-state index in [-0.39, 0.29) is 18.3 Å². The Morgan fingerprint density at radius 1 is 1.24 bits per heavy atom. The zero-order valence-corrected chi connectivity index (χ0v) is 13.5. The molecule has 0 aromatic heterocycles. The maximum Gasteiger partial charge on any atom is 0.307 e. The Morgan fingerprint density at radius 2 is 2.05 bits per heavy atom. The molecule has 0 aliphatic heterocycles. The Morgan fingerprint density at radius 3 is 2.67 bits per heavy atom. The summed E-state index contributed by atoms with van der Waals surface area (Å²) >= 11 is 0. The van der Waals surface area contributed by atoms with Gasteiger partial charge < -0.3 is 9.64 Å². The Labute approximate surface area is 128 Å². The summed E-state index contributed by atoms with van der Waals surface area (Å²) in [5.41, 5.74) is 1.47. The van der Waals surface area contributed by atoms with Crippen molar-refractivity contribution in [3.63, 3.8) is 0 Å². The van der Waals surface area contributed by atoms with Crippen molar-refractivity contribution >= 4 is 11.9 Å². The predicted molar refractivity (Wildman–Crippen MR) is 83.9 cm³/mol. The summed E-state index contributed by atoms with van der Waals surface area (Å²) in [6.07, 6.45) is 10.9. The molecule has 1 aliphatic rings. The number of unbranched alkanes of at least 4 members (excludes halogenated alkanes) is 1. The minimum Gasteiger partial charge on any atom is -0.469 e. The van der Waals surface area contributed by atoms with Gasteiger partial charge >= 0.3 is 5.97 Å². The molecule has 1 aliphatic carbocycles. The largest absolute Gasteiger partial charge is 0.469 e. The number of hydrogen-bond acceptors (Lipinski definition) is 3. The normalized spacial score (nSPS) is 14.5. The molecule has 0 fully saturated rings. The lowest BCUT2D eigenvalue weighted by Gasteiger charge is -2.24. The van der Waals surface area contributed by atoms with Crippen LogP contribution in [0, 0.1) is 0 Å². The lowest BCUT2D eigenvalue weighted by Crippen LogP contribution is -2.34. The zero-order valence-electron chi connectivity index (χ0n) is 13.5. The predicted octanol–water partition coefficient (Wildman–Crippen LogP) is 3.46. The van der Waals surface area contributed by atoms with E-state index < -0.39 is 0 Å². The van der Waals surface area contributed by atoms with E-state index in [1.807, 2.05) is 4.90 Å². The fourth-order valence-corrected chi connectivity index (χ4v) is 2.59. The third kappa shape index (κ3) is 7.30. The molecule has 0 bridgehead atoms. The second-order valence-corrected chi connectivity index (χ2v) is 5.67. The highest BCUT2D eigenvalue weighted by molar-refractivity contribution is 5.77. The first kappa shape index (κ1) is 17.7. The Balaban J connectivity index is 2.47. The molecule has 0 heterocycles. The van der Waals surface area contributed by atoms with Crippen molar-refractivity contribution < 1.29 is 14.3 Å². The van der Waals surface area contributed by atoms with Crippen LogP contribution in [0.15, 0.2) is 11.6 Å². The van der Waals surface area contributed by atoms with Crippen LogP contribution in [0.25, 0.3) is 0 Å². The second-order valence-electron chi connectivity index (χ2n) is 5.67. The molecule has 1 amide bonds. The molecule has 4 heteroatoms. The SMILES string of the molecule is CCCCC(=O)N(CCC(=O)OC)CCC1=CCCCC1. The molecular weight excluding hydrogens is 266 g/mol. The second kappa shape index (κ2) is 10.4. The molecule has 4 nitrogen and oxygen atoms in total. The molecule has 1 rings (SSSR count). The Hall–Kier alpha value is -1.32. The van der Waals surface area contributed by atoms with Crippen molar-refractivity contribution in [2.24, 2.45) is 0 Å². The van der Waals surface area contributed by atoms with Crippen LogP contribution in [0.3, 0.4) is 0 Å². The minimum atomic E-state index is -0.250. The van der Waals surface area contributed by atoms with Crippen LogP contribution in [-0.2, 0) is 14.3 Å². The summed E-state index contributed by atoms with van der Waals surface area (Å²) < 4.78 is 4.67. The first-order valence-corrected chi connectivity index (χ1v) is 8.19. The van der Waals surface area contributed by atoms with E-state index in [1.54, 1.807) is 0 Å². The first-order chi connectivity index (χ1) is 10.2. The van der Waals surface area contributed by atoms with E-state index in [9.17, 15) is 9.59 Å². The smallest absolute Gasteiger partial charge is 0.307 e. The molecular formula is C17H29NO3. The fourth-order valence-electron chi connectivity index (χ4n) is 2.59.